The molecule has 0 saturated heterocycles. The molecule has 0 amide bonds. The first kappa shape index (κ1) is 19.0. The van der Waals surface area contributed by atoms with Gasteiger partial charge in [0.2, 0.25) is 0 Å². The molecular weight excluding hydrogens is 236 g/mol. The zero-order valence-electron chi connectivity index (χ0n) is 11.7. The minimum Gasteiger partial charge on any atom is -0.463 e. The SMILES string of the molecule is C=O.CC(C)OC(=O)CCCCC(=O)OC(C)C. The minimum atomic E-state index is -0.202. The molecule has 18 heavy (non-hydrogen) atoms. The Kier molecular flexibility index (Phi) is 12.7. The summed E-state index contributed by atoms with van der Waals surface area (Å²) in [6, 6.07) is 0. The Bertz CT molecular complexity index is 212. The first-order valence-corrected chi connectivity index (χ1v) is 6.09. The third-order valence-corrected chi connectivity index (χ3v) is 1.75. The molecule has 0 atom stereocenters. The van der Waals surface area contributed by atoms with Crippen LogP contribution in [0.25, 0.3) is 0 Å². The predicted molar refractivity (Wildman–Crippen MR) is 68.0 cm³/mol. The van der Waals surface area contributed by atoms with E-state index in [0.29, 0.717) is 25.7 Å². The first-order valence-electron chi connectivity index (χ1n) is 6.09. The molecule has 0 unspecified atom stereocenters. The summed E-state index contributed by atoms with van der Waals surface area (Å²) in [4.78, 5) is 30.3. The summed E-state index contributed by atoms with van der Waals surface area (Å²) in [6.45, 7) is 9.27. The lowest BCUT2D eigenvalue weighted by molar-refractivity contribution is -0.149. The molecule has 0 rings (SSSR count). The van der Waals surface area contributed by atoms with Gasteiger partial charge < -0.3 is 14.3 Å². The van der Waals surface area contributed by atoms with E-state index in [4.69, 9.17) is 14.3 Å². The zero-order valence-corrected chi connectivity index (χ0v) is 11.7. The standard InChI is InChI=1S/C12H22O4.CH2O/c1-9(2)15-11(13)7-5-6-8-12(14)16-10(3)4;1-2/h9-10H,5-8H2,1-4H3;1H2. The average molecular weight is 260 g/mol. The van der Waals surface area contributed by atoms with E-state index in [2.05, 4.69) is 0 Å². The lowest BCUT2D eigenvalue weighted by atomic mass is 10.2. The summed E-state index contributed by atoms with van der Waals surface area (Å²) in [5.41, 5.74) is 0. The maximum absolute atomic E-state index is 11.1. The van der Waals surface area contributed by atoms with Crippen molar-refractivity contribution >= 4 is 18.7 Å². The summed E-state index contributed by atoms with van der Waals surface area (Å²) < 4.78 is 9.93. The molecule has 0 bridgehead atoms. The Morgan fingerprint density at radius 3 is 1.33 bits per heavy atom. The second-order valence-corrected chi connectivity index (χ2v) is 4.28. The van der Waals surface area contributed by atoms with Crippen LogP contribution in [0, 0.1) is 0 Å². The Morgan fingerprint density at radius 1 is 0.833 bits per heavy atom. The number of unbranched alkanes of at least 4 members (excludes halogenated alkanes) is 1. The Morgan fingerprint density at radius 2 is 1.11 bits per heavy atom. The quantitative estimate of drug-likeness (QED) is 0.518. The lowest BCUT2D eigenvalue weighted by Crippen LogP contribution is -2.12. The molecule has 5 nitrogen and oxygen atoms in total. The van der Waals surface area contributed by atoms with Crippen LogP contribution in [0.2, 0.25) is 0 Å². The summed E-state index contributed by atoms with van der Waals surface area (Å²) in [6.07, 6.45) is 1.93. The lowest BCUT2D eigenvalue weighted by Gasteiger charge is -2.08. The molecule has 0 aliphatic carbocycles. The topological polar surface area (TPSA) is 69.7 Å². The third-order valence-electron chi connectivity index (χ3n) is 1.75. The first-order chi connectivity index (χ1) is 8.41. The van der Waals surface area contributed by atoms with E-state index in [0.717, 1.165) is 0 Å². The number of esters is 2. The molecule has 0 aliphatic heterocycles. The van der Waals surface area contributed by atoms with Gasteiger partial charge in [-0.15, -0.1) is 0 Å². The molecule has 0 N–H and O–H groups in total. The highest BCUT2D eigenvalue weighted by molar-refractivity contribution is 5.70. The summed E-state index contributed by atoms with van der Waals surface area (Å²) in [7, 11) is 0. The van der Waals surface area contributed by atoms with Crippen molar-refractivity contribution in [1.82, 2.24) is 0 Å². The number of carbonyl (C=O) groups is 3. The second kappa shape index (κ2) is 12.1. The van der Waals surface area contributed by atoms with E-state index in [1.807, 2.05) is 34.5 Å². The maximum atomic E-state index is 11.1. The molecular formula is C13H24O5. The van der Waals surface area contributed by atoms with Crippen LogP contribution in [0.15, 0.2) is 0 Å². The van der Waals surface area contributed by atoms with Gasteiger partial charge in [-0.25, -0.2) is 0 Å². The minimum absolute atomic E-state index is 0.0709. The van der Waals surface area contributed by atoms with E-state index < -0.39 is 0 Å². The van der Waals surface area contributed by atoms with Crippen molar-refractivity contribution in [2.75, 3.05) is 0 Å². The van der Waals surface area contributed by atoms with Crippen LogP contribution in [0.3, 0.4) is 0 Å². The smallest absolute Gasteiger partial charge is 0.306 e. The second-order valence-electron chi connectivity index (χ2n) is 4.28. The number of carbonyl (C=O) groups excluding carboxylic acids is 3. The van der Waals surface area contributed by atoms with Crippen molar-refractivity contribution in [3.8, 4) is 0 Å². The summed E-state index contributed by atoms with van der Waals surface area (Å²) in [5, 5.41) is 0. The van der Waals surface area contributed by atoms with Crippen molar-refractivity contribution in [1.29, 1.82) is 0 Å². The molecule has 0 saturated carbocycles. The molecule has 0 aliphatic rings. The van der Waals surface area contributed by atoms with Crippen LogP contribution in [0.5, 0.6) is 0 Å². The zero-order chi connectivity index (χ0) is 14.6. The number of rotatable bonds is 7. The van der Waals surface area contributed by atoms with Gasteiger partial charge in [0.05, 0.1) is 12.2 Å². The van der Waals surface area contributed by atoms with Crippen molar-refractivity contribution in [3.05, 3.63) is 0 Å². The van der Waals surface area contributed by atoms with Crippen LogP contribution in [-0.4, -0.2) is 30.9 Å². The number of ether oxygens (including phenoxy) is 2. The van der Waals surface area contributed by atoms with Gasteiger partial charge >= 0.3 is 11.9 Å². The van der Waals surface area contributed by atoms with Gasteiger partial charge in [-0.05, 0) is 40.5 Å². The van der Waals surface area contributed by atoms with Crippen LogP contribution >= 0.6 is 0 Å². The summed E-state index contributed by atoms with van der Waals surface area (Å²) in [5.74, 6) is -0.403. The third kappa shape index (κ3) is 14.6. The van der Waals surface area contributed by atoms with Gasteiger partial charge in [-0.2, -0.15) is 0 Å². The van der Waals surface area contributed by atoms with Gasteiger partial charge in [0.25, 0.3) is 0 Å². The van der Waals surface area contributed by atoms with Gasteiger partial charge in [-0.3, -0.25) is 9.59 Å². The average Bonchev–Trinajstić information content (AvgIpc) is 2.25. The fraction of sp³-hybridized carbons (Fsp3) is 0.769. The van der Waals surface area contributed by atoms with Crippen molar-refractivity contribution < 1.29 is 23.9 Å². The molecule has 0 fully saturated rings. The normalized spacial score (nSPS) is 9.67. The van der Waals surface area contributed by atoms with E-state index in [9.17, 15) is 9.59 Å². The van der Waals surface area contributed by atoms with E-state index in [-0.39, 0.29) is 24.1 Å². The van der Waals surface area contributed by atoms with Crippen molar-refractivity contribution in [2.45, 2.75) is 65.6 Å². The highest BCUT2D eigenvalue weighted by Crippen LogP contribution is 2.05. The fourth-order valence-electron chi connectivity index (χ4n) is 1.18. The van der Waals surface area contributed by atoms with Gasteiger partial charge in [0.15, 0.2) is 0 Å². The highest BCUT2D eigenvalue weighted by atomic mass is 16.5. The Balaban J connectivity index is 0. The molecule has 0 heterocycles. The largest absolute Gasteiger partial charge is 0.463 e. The fourth-order valence-corrected chi connectivity index (χ4v) is 1.18. The molecule has 0 aromatic carbocycles. The van der Waals surface area contributed by atoms with E-state index >= 15 is 0 Å². The monoisotopic (exact) mass is 260 g/mol. The Hall–Kier alpha value is -1.39. The molecule has 5 heteroatoms. The van der Waals surface area contributed by atoms with Crippen LogP contribution < -0.4 is 0 Å². The number of hydrogen-bond donors (Lipinski definition) is 0. The molecule has 0 radical (unpaired) electrons. The maximum Gasteiger partial charge on any atom is 0.306 e. The molecule has 106 valence electrons. The van der Waals surface area contributed by atoms with Crippen LogP contribution in [0.1, 0.15) is 53.4 Å². The predicted octanol–water partition coefficient (Wildman–Crippen LogP) is 2.27. The molecule has 0 aromatic rings. The van der Waals surface area contributed by atoms with Crippen LogP contribution in [0.4, 0.5) is 0 Å². The number of hydrogen-bond acceptors (Lipinski definition) is 5. The molecule has 0 aromatic heterocycles. The van der Waals surface area contributed by atoms with Gasteiger partial charge in [0, 0.05) is 12.8 Å². The van der Waals surface area contributed by atoms with Gasteiger partial charge in [0.1, 0.15) is 6.79 Å². The Labute approximate surface area is 109 Å². The molecule has 0 spiro atoms. The van der Waals surface area contributed by atoms with Crippen LogP contribution in [-0.2, 0) is 23.9 Å². The van der Waals surface area contributed by atoms with Crippen molar-refractivity contribution in [2.24, 2.45) is 0 Å². The highest BCUT2D eigenvalue weighted by Gasteiger charge is 2.08. The van der Waals surface area contributed by atoms with E-state index in [1.165, 1.54) is 0 Å². The van der Waals surface area contributed by atoms with E-state index in [1.54, 1.807) is 0 Å². The van der Waals surface area contributed by atoms with Gasteiger partial charge in [-0.1, -0.05) is 0 Å². The van der Waals surface area contributed by atoms with Crippen molar-refractivity contribution in [3.63, 3.8) is 0 Å². The summed E-state index contributed by atoms with van der Waals surface area (Å²) >= 11 is 0.